The molecule has 1 fully saturated rings. The van der Waals surface area contributed by atoms with Gasteiger partial charge in [-0.25, -0.2) is 17.6 Å². The van der Waals surface area contributed by atoms with E-state index < -0.39 is 31.8 Å². The molecule has 5 rings (SSSR count). The van der Waals surface area contributed by atoms with Crippen molar-refractivity contribution in [1.29, 1.82) is 0 Å². The Morgan fingerprint density at radius 2 is 1.94 bits per heavy atom. The second-order valence-corrected chi connectivity index (χ2v) is 10.3. The van der Waals surface area contributed by atoms with Gasteiger partial charge in [-0.05, 0) is 42.7 Å². The van der Waals surface area contributed by atoms with Crippen molar-refractivity contribution in [1.82, 2.24) is 14.3 Å². The summed E-state index contributed by atoms with van der Waals surface area (Å²) in [4.78, 5) is 25.6. The highest BCUT2D eigenvalue weighted by molar-refractivity contribution is 7.91. The Kier molecular flexibility index (Phi) is 4.68. The van der Waals surface area contributed by atoms with Crippen molar-refractivity contribution in [2.45, 2.75) is 35.6 Å². The molecule has 0 amide bonds. The van der Waals surface area contributed by atoms with Gasteiger partial charge in [-0.15, -0.1) is 0 Å². The number of nitrogens with zero attached hydrogens (tertiary/aromatic N) is 2. The monoisotopic (exact) mass is 477 g/mol. The van der Waals surface area contributed by atoms with Gasteiger partial charge in [0.1, 0.15) is 5.82 Å². The summed E-state index contributed by atoms with van der Waals surface area (Å²) in [5, 5.41) is 9.37. The van der Waals surface area contributed by atoms with Gasteiger partial charge in [-0.3, -0.25) is 4.79 Å². The summed E-state index contributed by atoms with van der Waals surface area (Å²) in [5.41, 5.74) is -2.31. The van der Waals surface area contributed by atoms with E-state index in [2.05, 4.69) is 4.98 Å². The van der Waals surface area contributed by atoms with Crippen molar-refractivity contribution < 1.29 is 18.0 Å². The van der Waals surface area contributed by atoms with Gasteiger partial charge in [0.15, 0.2) is 0 Å². The molecule has 11 heteroatoms. The summed E-state index contributed by atoms with van der Waals surface area (Å²) < 4.78 is 43.4. The van der Waals surface area contributed by atoms with Gasteiger partial charge in [-0.1, -0.05) is 29.2 Å². The molecule has 8 nitrogen and oxygen atoms in total. The fourth-order valence-corrected chi connectivity index (χ4v) is 5.59. The fraction of sp³-hybridized carbons (Fsp3) is 0.238. The van der Waals surface area contributed by atoms with E-state index in [0.29, 0.717) is 23.4 Å². The van der Waals surface area contributed by atoms with Gasteiger partial charge in [0.25, 0.3) is 5.56 Å². The van der Waals surface area contributed by atoms with Crippen molar-refractivity contribution >= 4 is 43.2 Å². The molecule has 0 radical (unpaired) electrons. The Bertz CT molecular complexity index is 1630. The van der Waals surface area contributed by atoms with Crippen LogP contribution in [0.1, 0.15) is 19.3 Å². The molecule has 1 aliphatic rings. The number of sulfone groups is 1. The smallest absolute Gasteiger partial charge is 0.362 e. The third-order valence-corrected chi connectivity index (χ3v) is 7.92. The second-order valence-electron chi connectivity index (χ2n) is 7.93. The molecule has 2 aromatic heterocycles. The van der Waals surface area contributed by atoms with Crippen LogP contribution < -0.4 is 11.2 Å². The van der Waals surface area contributed by atoms with Gasteiger partial charge < -0.3 is 14.8 Å². The summed E-state index contributed by atoms with van der Waals surface area (Å²) in [6, 6.07) is 6.20. The van der Waals surface area contributed by atoms with Gasteiger partial charge in [0.05, 0.1) is 31.2 Å². The number of aryl methyl sites for hydroxylation is 1. The van der Waals surface area contributed by atoms with E-state index >= 15 is 0 Å². The highest BCUT2D eigenvalue weighted by Gasteiger charge is 2.26. The fourth-order valence-electron chi connectivity index (χ4n) is 3.91. The molecule has 2 N–H and O–H groups in total. The van der Waals surface area contributed by atoms with Crippen LogP contribution in [-0.4, -0.2) is 27.9 Å². The molecule has 1 aliphatic carbocycles. The number of halogens is 2. The normalized spacial score (nSPS) is 14.4. The highest BCUT2D eigenvalue weighted by atomic mass is 35.5. The molecule has 166 valence electrons. The van der Waals surface area contributed by atoms with Crippen LogP contribution in [0.15, 0.2) is 55.9 Å². The molecule has 4 aromatic rings. The zero-order valence-electron chi connectivity index (χ0n) is 16.5. The maximum atomic E-state index is 14.8. The van der Waals surface area contributed by atoms with Crippen LogP contribution >= 0.6 is 11.6 Å². The SMILES string of the molecule is O=c1[nH]c2c(S(=O)(=O)c3cc(F)c4ccn(CCC5CC5)c4c3)ccc(Cl)c2c(=O)n1O. The lowest BCUT2D eigenvalue weighted by Crippen LogP contribution is -2.33. The molecular weight excluding hydrogens is 461 g/mol. The Morgan fingerprint density at radius 3 is 2.66 bits per heavy atom. The molecule has 0 spiro atoms. The number of nitrogens with one attached hydrogen (secondary N) is 1. The largest absolute Gasteiger partial charge is 0.421 e. The van der Waals surface area contributed by atoms with Crippen LogP contribution in [0.5, 0.6) is 0 Å². The van der Waals surface area contributed by atoms with Crippen molar-refractivity contribution in [3.8, 4) is 0 Å². The average Bonchev–Trinajstić information content (AvgIpc) is 3.48. The standard InChI is InChI=1S/C21H17ClFN3O5S/c22-14-3-4-17(19-18(14)20(27)26(29)21(28)24-19)32(30,31)12-9-15(23)13-6-8-25(16(13)10-12)7-5-11-1-2-11/h3-4,6,8-11,29H,1-2,5,7H2,(H,24,28). The van der Waals surface area contributed by atoms with Gasteiger partial charge >= 0.3 is 5.69 Å². The summed E-state index contributed by atoms with van der Waals surface area (Å²) >= 11 is 6.02. The third-order valence-electron chi connectivity index (χ3n) is 5.83. The first-order valence-electron chi connectivity index (χ1n) is 9.89. The minimum atomic E-state index is -4.37. The van der Waals surface area contributed by atoms with E-state index in [-0.39, 0.29) is 25.6 Å². The Balaban J connectivity index is 1.72. The Hall–Kier alpha value is -3.11. The zero-order valence-corrected chi connectivity index (χ0v) is 18.1. The summed E-state index contributed by atoms with van der Waals surface area (Å²) in [6.07, 6.45) is 5.00. The van der Waals surface area contributed by atoms with E-state index in [0.717, 1.165) is 18.6 Å². The maximum absolute atomic E-state index is 14.8. The quantitative estimate of drug-likeness (QED) is 0.428. The lowest BCUT2D eigenvalue weighted by atomic mass is 10.2. The van der Waals surface area contributed by atoms with E-state index in [1.807, 2.05) is 4.57 Å². The number of benzene rings is 2. The number of hydrogen-bond acceptors (Lipinski definition) is 5. The molecule has 2 heterocycles. The predicted octanol–water partition coefficient (Wildman–Crippen LogP) is 3.31. The minimum absolute atomic E-state index is 0.154. The topological polar surface area (TPSA) is 114 Å². The van der Waals surface area contributed by atoms with E-state index in [9.17, 15) is 27.6 Å². The predicted molar refractivity (Wildman–Crippen MR) is 116 cm³/mol. The van der Waals surface area contributed by atoms with Crippen LogP contribution in [0.4, 0.5) is 4.39 Å². The molecule has 1 saturated carbocycles. The number of aromatic amines is 1. The molecule has 0 bridgehead atoms. The lowest BCUT2D eigenvalue weighted by molar-refractivity contribution is 0.162. The van der Waals surface area contributed by atoms with Gasteiger partial charge in [0.2, 0.25) is 9.84 Å². The van der Waals surface area contributed by atoms with Crippen molar-refractivity contribution in [3.05, 3.63) is 68.2 Å². The summed E-state index contributed by atoms with van der Waals surface area (Å²) in [7, 11) is -4.37. The third kappa shape index (κ3) is 3.21. The van der Waals surface area contributed by atoms with Crippen molar-refractivity contribution in [2.75, 3.05) is 0 Å². The zero-order chi connectivity index (χ0) is 22.8. The highest BCUT2D eigenvalue weighted by Crippen LogP contribution is 2.35. The molecule has 0 atom stereocenters. The van der Waals surface area contributed by atoms with Crippen LogP contribution in [0, 0.1) is 11.7 Å². The second kappa shape index (κ2) is 7.21. The molecule has 0 saturated heterocycles. The first-order valence-corrected chi connectivity index (χ1v) is 11.7. The number of hydrogen-bond donors (Lipinski definition) is 2. The van der Waals surface area contributed by atoms with Gasteiger partial charge in [-0.2, -0.15) is 0 Å². The van der Waals surface area contributed by atoms with Crippen LogP contribution in [-0.2, 0) is 16.4 Å². The summed E-state index contributed by atoms with van der Waals surface area (Å²) in [5.74, 6) is -0.0484. The number of rotatable bonds is 5. The number of H-pyrrole nitrogens is 1. The first kappa shape index (κ1) is 20.8. The molecule has 32 heavy (non-hydrogen) atoms. The number of fused-ring (bicyclic) bond motifs is 2. The van der Waals surface area contributed by atoms with Crippen LogP contribution in [0.3, 0.4) is 0 Å². The minimum Gasteiger partial charge on any atom is -0.421 e. The van der Waals surface area contributed by atoms with Gasteiger partial charge in [0, 0.05) is 18.1 Å². The number of aromatic nitrogens is 3. The van der Waals surface area contributed by atoms with E-state index in [4.69, 9.17) is 11.6 Å². The lowest BCUT2D eigenvalue weighted by Gasteiger charge is -2.11. The maximum Gasteiger partial charge on any atom is 0.362 e. The van der Waals surface area contributed by atoms with Crippen LogP contribution in [0.25, 0.3) is 21.8 Å². The van der Waals surface area contributed by atoms with Crippen molar-refractivity contribution in [2.24, 2.45) is 5.92 Å². The van der Waals surface area contributed by atoms with Crippen molar-refractivity contribution in [3.63, 3.8) is 0 Å². The molecule has 2 aromatic carbocycles. The Labute approximate surface area is 185 Å². The molecule has 0 aliphatic heterocycles. The van der Waals surface area contributed by atoms with E-state index in [1.54, 1.807) is 12.3 Å². The molecular formula is C21H17ClFN3O5S. The van der Waals surface area contributed by atoms with Crippen LogP contribution in [0.2, 0.25) is 5.02 Å². The Morgan fingerprint density at radius 1 is 1.19 bits per heavy atom. The first-order chi connectivity index (χ1) is 15.2. The summed E-state index contributed by atoms with van der Waals surface area (Å²) in [6.45, 7) is 0.643. The van der Waals surface area contributed by atoms with E-state index in [1.165, 1.54) is 25.0 Å². The average molecular weight is 478 g/mol. The molecule has 0 unspecified atom stereocenters.